The van der Waals surface area contributed by atoms with Gasteiger partial charge in [-0.25, -0.2) is 0 Å². The lowest BCUT2D eigenvalue weighted by Crippen LogP contribution is -2.07. The number of aromatic nitrogens is 1. The molecule has 2 N–H and O–H groups in total. The predicted molar refractivity (Wildman–Crippen MR) is 53.5 cm³/mol. The van der Waals surface area contributed by atoms with E-state index in [1.54, 1.807) is 6.92 Å². The average Bonchev–Trinajstić information content (AvgIpc) is 2.59. The van der Waals surface area contributed by atoms with Crippen molar-refractivity contribution in [2.75, 3.05) is 0 Å². The lowest BCUT2D eigenvalue weighted by atomic mass is 9.98. The van der Waals surface area contributed by atoms with E-state index < -0.39 is 11.9 Å². The van der Waals surface area contributed by atoms with E-state index >= 15 is 0 Å². The van der Waals surface area contributed by atoms with Gasteiger partial charge in [0.05, 0.1) is 5.92 Å². The summed E-state index contributed by atoms with van der Waals surface area (Å²) in [5, 5.41) is 8.88. The molecule has 0 aliphatic heterocycles. The minimum Gasteiger partial charge on any atom is -0.481 e. The Hall–Kier alpha value is -1.25. The molecule has 1 atom stereocenters. The summed E-state index contributed by atoms with van der Waals surface area (Å²) in [4.78, 5) is 14.0. The van der Waals surface area contributed by atoms with Gasteiger partial charge in [-0.15, -0.1) is 0 Å². The number of rotatable bonds is 2. The van der Waals surface area contributed by atoms with E-state index in [1.807, 2.05) is 6.07 Å². The van der Waals surface area contributed by atoms with Crippen LogP contribution in [0.25, 0.3) is 0 Å². The Kier molecular flexibility index (Phi) is 2.32. The second-order valence-corrected chi connectivity index (χ2v) is 4.00. The summed E-state index contributed by atoms with van der Waals surface area (Å²) >= 11 is 0. The lowest BCUT2D eigenvalue weighted by Gasteiger charge is -2.09. The zero-order valence-corrected chi connectivity index (χ0v) is 8.34. The summed E-state index contributed by atoms with van der Waals surface area (Å²) < 4.78 is 0. The maximum atomic E-state index is 10.8. The molecule has 1 aliphatic rings. The first-order valence-electron chi connectivity index (χ1n) is 5.12. The van der Waals surface area contributed by atoms with E-state index in [9.17, 15) is 4.79 Å². The van der Waals surface area contributed by atoms with Gasteiger partial charge in [-0.2, -0.15) is 0 Å². The number of hydrogen-bond acceptors (Lipinski definition) is 1. The molecule has 0 amide bonds. The quantitative estimate of drug-likeness (QED) is 0.755. The number of hydrogen-bond donors (Lipinski definition) is 2. The standard InChI is InChI=1S/C11H15NO2/c1-7(11(13)14)10-6-8-4-2-3-5-9(8)12-10/h6-7,12H,2-5H2,1H3,(H,13,14). The van der Waals surface area contributed by atoms with Crippen LogP contribution < -0.4 is 0 Å². The minimum absolute atomic E-state index is 0.416. The summed E-state index contributed by atoms with van der Waals surface area (Å²) in [6.45, 7) is 1.72. The van der Waals surface area contributed by atoms with Crippen LogP contribution in [-0.2, 0) is 17.6 Å². The molecule has 0 saturated carbocycles. The zero-order chi connectivity index (χ0) is 10.1. The molecule has 3 nitrogen and oxygen atoms in total. The summed E-state index contributed by atoms with van der Waals surface area (Å²) in [5.74, 6) is -1.18. The van der Waals surface area contributed by atoms with Gasteiger partial charge in [-0.05, 0) is 44.2 Å². The molecule has 1 heterocycles. The molecular formula is C11H15NO2. The van der Waals surface area contributed by atoms with Crippen LogP contribution in [-0.4, -0.2) is 16.1 Å². The van der Waals surface area contributed by atoms with Crippen molar-refractivity contribution in [2.24, 2.45) is 0 Å². The van der Waals surface area contributed by atoms with Gasteiger partial charge < -0.3 is 10.1 Å². The molecule has 0 aromatic carbocycles. The van der Waals surface area contributed by atoms with Crippen LogP contribution >= 0.6 is 0 Å². The minimum atomic E-state index is -0.761. The molecule has 0 fully saturated rings. The van der Waals surface area contributed by atoms with Crippen molar-refractivity contribution in [2.45, 2.75) is 38.5 Å². The number of aromatic amines is 1. The molecule has 1 unspecified atom stereocenters. The number of carboxylic acids is 1. The van der Waals surface area contributed by atoms with E-state index in [0.717, 1.165) is 18.5 Å². The Bertz CT molecular complexity index is 331. The summed E-state index contributed by atoms with van der Waals surface area (Å²) in [5.41, 5.74) is 3.42. The normalized spacial score (nSPS) is 17.5. The molecular weight excluding hydrogens is 178 g/mol. The maximum Gasteiger partial charge on any atom is 0.312 e. The van der Waals surface area contributed by atoms with E-state index in [-0.39, 0.29) is 0 Å². The van der Waals surface area contributed by atoms with Crippen molar-refractivity contribution in [1.29, 1.82) is 0 Å². The predicted octanol–water partition coefficient (Wildman–Crippen LogP) is 2.08. The Balaban J connectivity index is 2.28. The molecule has 1 aliphatic carbocycles. The van der Waals surface area contributed by atoms with Crippen LogP contribution in [0.5, 0.6) is 0 Å². The summed E-state index contributed by atoms with van der Waals surface area (Å²) in [6, 6.07) is 2.02. The topological polar surface area (TPSA) is 53.1 Å². The van der Waals surface area contributed by atoms with Gasteiger partial charge in [0.2, 0.25) is 0 Å². The highest BCUT2D eigenvalue weighted by Crippen LogP contribution is 2.25. The first-order valence-corrected chi connectivity index (χ1v) is 5.12. The van der Waals surface area contributed by atoms with Crippen LogP contribution in [0.2, 0.25) is 0 Å². The Morgan fingerprint density at radius 1 is 1.50 bits per heavy atom. The van der Waals surface area contributed by atoms with Gasteiger partial charge in [0.1, 0.15) is 0 Å². The highest BCUT2D eigenvalue weighted by atomic mass is 16.4. The fraction of sp³-hybridized carbons (Fsp3) is 0.545. The molecule has 3 heteroatoms. The molecule has 1 aromatic rings. The van der Waals surface area contributed by atoms with E-state index in [2.05, 4.69) is 4.98 Å². The number of nitrogens with one attached hydrogen (secondary N) is 1. The Morgan fingerprint density at radius 3 is 2.86 bits per heavy atom. The number of H-pyrrole nitrogens is 1. The summed E-state index contributed by atoms with van der Waals surface area (Å²) in [6.07, 6.45) is 4.61. The Morgan fingerprint density at radius 2 is 2.21 bits per heavy atom. The highest BCUT2D eigenvalue weighted by Gasteiger charge is 2.19. The molecule has 0 radical (unpaired) electrons. The number of carbonyl (C=O) groups is 1. The van der Waals surface area contributed by atoms with Gasteiger partial charge in [0, 0.05) is 11.4 Å². The third-order valence-electron chi connectivity index (χ3n) is 2.97. The van der Waals surface area contributed by atoms with E-state index in [4.69, 9.17) is 5.11 Å². The van der Waals surface area contributed by atoms with Gasteiger partial charge in [-0.1, -0.05) is 0 Å². The van der Waals surface area contributed by atoms with Crippen molar-refractivity contribution in [1.82, 2.24) is 4.98 Å². The number of aryl methyl sites for hydroxylation is 2. The molecule has 2 rings (SSSR count). The fourth-order valence-electron chi connectivity index (χ4n) is 2.00. The largest absolute Gasteiger partial charge is 0.481 e. The van der Waals surface area contributed by atoms with Gasteiger partial charge in [-0.3, -0.25) is 4.79 Å². The van der Waals surface area contributed by atoms with Crippen LogP contribution in [0.1, 0.15) is 42.6 Å². The maximum absolute atomic E-state index is 10.8. The van der Waals surface area contributed by atoms with Gasteiger partial charge in [0.25, 0.3) is 0 Å². The van der Waals surface area contributed by atoms with Crippen LogP contribution in [0.15, 0.2) is 6.07 Å². The van der Waals surface area contributed by atoms with Crippen LogP contribution in [0.3, 0.4) is 0 Å². The van der Waals surface area contributed by atoms with Crippen molar-refractivity contribution >= 4 is 5.97 Å². The molecule has 14 heavy (non-hydrogen) atoms. The third kappa shape index (κ3) is 1.54. The van der Waals surface area contributed by atoms with Crippen LogP contribution in [0.4, 0.5) is 0 Å². The Labute approximate surface area is 83.1 Å². The number of aliphatic carboxylic acids is 1. The van der Waals surface area contributed by atoms with Gasteiger partial charge in [0.15, 0.2) is 0 Å². The van der Waals surface area contributed by atoms with Crippen molar-refractivity contribution in [3.63, 3.8) is 0 Å². The number of fused-ring (bicyclic) bond motifs is 1. The van der Waals surface area contributed by atoms with E-state index in [1.165, 1.54) is 24.1 Å². The van der Waals surface area contributed by atoms with Gasteiger partial charge >= 0.3 is 5.97 Å². The summed E-state index contributed by atoms with van der Waals surface area (Å²) in [7, 11) is 0. The molecule has 1 aromatic heterocycles. The molecule has 0 bridgehead atoms. The average molecular weight is 193 g/mol. The van der Waals surface area contributed by atoms with Crippen molar-refractivity contribution in [3.05, 3.63) is 23.0 Å². The zero-order valence-electron chi connectivity index (χ0n) is 8.34. The van der Waals surface area contributed by atoms with E-state index in [0.29, 0.717) is 0 Å². The van der Waals surface area contributed by atoms with Crippen LogP contribution in [0, 0.1) is 0 Å². The number of carboxylic acid groups (broad SMARTS) is 1. The van der Waals surface area contributed by atoms with Crippen molar-refractivity contribution in [3.8, 4) is 0 Å². The SMILES string of the molecule is CC(C(=O)O)c1cc2c([nH]1)CCCC2. The molecule has 76 valence electrons. The second kappa shape index (κ2) is 3.48. The second-order valence-electron chi connectivity index (χ2n) is 4.00. The molecule has 0 spiro atoms. The fourth-order valence-corrected chi connectivity index (χ4v) is 2.00. The third-order valence-corrected chi connectivity index (χ3v) is 2.97. The highest BCUT2D eigenvalue weighted by molar-refractivity contribution is 5.75. The smallest absolute Gasteiger partial charge is 0.312 e. The lowest BCUT2D eigenvalue weighted by molar-refractivity contribution is -0.138. The molecule has 0 saturated heterocycles. The first-order chi connectivity index (χ1) is 6.68. The van der Waals surface area contributed by atoms with Crippen molar-refractivity contribution < 1.29 is 9.90 Å². The monoisotopic (exact) mass is 193 g/mol. The first kappa shape index (κ1) is 9.31.